The highest BCUT2D eigenvalue weighted by Crippen LogP contribution is 2.24. The van der Waals surface area contributed by atoms with Gasteiger partial charge in [-0.1, -0.05) is 12.1 Å². The summed E-state index contributed by atoms with van der Waals surface area (Å²) in [6, 6.07) is 6.91. The van der Waals surface area contributed by atoms with Crippen molar-refractivity contribution < 1.29 is 9.84 Å². The van der Waals surface area contributed by atoms with Gasteiger partial charge in [0.25, 0.3) is 0 Å². The van der Waals surface area contributed by atoms with Gasteiger partial charge in [0, 0.05) is 6.42 Å². The van der Waals surface area contributed by atoms with E-state index in [1.807, 2.05) is 6.07 Å². The summed E-state index contributed by atoms with van der Waals surface area (Å²) in [6.45, 7) is 2.30. The van der Waals surface area contributed by atoms with Gasteiger partial charge in [0.2, 0.25) is 0 Å². The van der Waals surface area contributed by atoms with Crippen LogP contribution in [0.25, 0.3) is 0 Å². The summed E-state index contributed by atoms with van der Waals surface area (Å²) >= 11 is 0. The van der Waals surface area contributed by atoms with Gasteiger partial charge in [-0.3, -0.25) is 0 Å². The molecule has 0 amide bonds. The maximum Gasteiger partial charge on any atom is 0.160 e. The zero-order valence-electron chi connectivity index (χ0n) is 7.58. The molecule has 0 aliphatic carbocycles. The van der Waals surface area contributed by atoms with Gasteiger partial charge in [-0.15, -0.1) is 11.8 Å². The number of phenols is 1. The van der Waals surface area contributed by atoms with Crippen LogP contribution in [0.1, 0.15) is 13.3 Å². The summed E-state index contributed by atoms with van der Waals surface area (Å²) in [4.78, 5) is 0. The molecule has 1 aromatic rings. The highest BCUT2D eigenvalue weighted by Gasteiger charge is 1.97. The van der Waals surface area contributed by atoms with Crippen LogP contribution >= 0.6 is 0 Å². The lowest BCUT2D eigenvalue weighted by Crippen LogP contribution is -1.95. The minimum absolute atomic E-state index is 0.173. The fraction of sp³-hybridized carbons (Fsp3) is 0.273. The molecule has 0 saturated heterocycles. The minimum atomic E-state index is 0.173. The van der Waals surface area contributed by atoms with E-state index in [9.17, 15) is 5.11 Å². The molecule has 2 heteroatoms. The lowest BCUT2D eigenvalue weighted by molar-refractivity contribution is 0.307. The van der Waals surface area contributed by atoms with E-state index in [2.05, 4.69) is 11.8 Å². The maximum absolute atomic E-state index is 9.31. The molecule has 1 aromatic carbocycles. The highest BCUT2D eigenvalue weighted by molar-refractivity contribution is 5.37. The van der Waals surface area contributed by atoms with Crippen molar-refractivity contribution in [1.82, 2.24) is 0 Å². The van der Waals surface area contributed by atoms with Crippen molar-refractivity contribution in [2.75, 3.05) is 6.61 Å². The number of rotatable bonds is 3. The summed E-state index contributed by atoms with van der Waals surface area (Å²) < 4.78 is 5.29. The van der Waals surface area contributed by atoms with Gasteiger partial charge in [-0.2, -0.15) is 0 Å². The lowest BCUT2D eigenvalue weighted by Gasteiger charge is -2.04. The van der Waals surface area contributed by atoms with E-state index in [1.54, 1.807) is 25.1 Å². The molecule has 0 atom stereocenters. The van der Waals surface area contributed by atoms with E-state index in [-0.39, 0.29) is 5.75 Å². The molecule has 0 bridgehead atoms. The fourth-order valence-corrected chi connectivity index (χ4v) is 0.916. The van der Waals surface area contributed by atoms with Crippen LogP contribution in [0.2, 0.25) is 0 Å². The number of phenolic OH excluding ortho intramolecular Hbond substituents is 1. The SMILES string of the molecule is CC#CCCOc1ccccc1O. The van der Waals surface area contributed by atoms with E-state index in [0.29, 0.717) is 18.8 Å². The Labute approximate surface area is 78.2 Å². The van der Waals surface area contributed by atoms with Crippen LogP contribution in [0.4, 0.5) is 0 Å². The van der Waals surface area contributed by atoms with Gasteiger partial charge in [0.1, 0.15) is 0 Å². The summed E-state index contributed by atoms with van der Waals surface area (Å²) in [5.74, 6) is 6.34. The summed E-state index contributed by atoms with van der Waals surface area (Å²) in [6.07, 6.45) is 0.685. The third kappa shape index (κ3) is 3.08. The molecule has 0 saturated carbocycles. The van der Waals surface area contributed by atoms with Crippen LogP contribution in [-0.2, 0) is 0 Å². The number of para-hydroxylation sites is 2. The van der Waals surface area contributed by atoms with Crippen molar-refractivity contribution in [3.8, 4) is 23.3 Å². The van der Waals surface area contributed by atoms with Crippen LogP contribution in [0.5, 0.6) is 11.5 Å². The molecule has 0 aromatic heterocycles. The predicted molar refractivity (Wildman–Crippen MR) is 51.7 cm³/mol. The lowest BCUT2D eigenvalue weighted by atomic mass is 10.3. The van der Waals surface area contributed by atoms with Gasteiger partial charge in [-0.05, 0) is 19.1 Å². The minimum Gasteiger partial charge on any atom is -0.504 e. The van der Waals surface area contributed by atoms with E-state index < -0.39 is 0 Å². The largest absolute Gasteiger partial charge is 0.504 e. The average Bonchev–Trinajstić information content (AvgIpc) is 2.15. The van der Waals surface area contributed by atoms with Crippen LogP contribution in [0.15, 0.2) is 24.3 Å². The number of ether oxygens (including phenoxy) is 1. The van der Waals surface area contributed by atoms with Crippen molar-refractivity contribution in [1.29, 1.82) is 0 Å². The molecule has 0 aliphatic heterocycles. The second kappa shape index (κ2) is 5.10. The van der Waals surface area contributed by atoms with Crippen LogP contribution < -0.4 is 4.74 Å². The molecule has 68 valence electrons. The van der Waals surface area contributed by atoms with Crippen LogP contribution in [0.3, 0.4) is 0 Å². The summed E-state index contributed by atoms with van der Waals surface area (Å²) in [5, 5.41) is 9.31. The van der Waals surface area contributed by atoms with Crippen LogP contribution in [-0.4, -0.2) is 11.7 Å². The molecule has 0 spiro atoms. The first kappa shape index (κ1) is 9.47. The average molecular weight is 176 g/mol. The Balaban J connectivity index is 2.44. The summed E-state index contributed by atoms with van der Waals surface area (Å²) in [7, 11) is 0. The molecule has 0 unspecified atom stereocenters. The van der Waals surface area contributed by atoms with Crippen molar-refractivity contribution in [3.63, 3.8) is 0 Å². The Morgan fingerprint density at radius 2 is 2.15 bits per heavy atom. The van der Waals surface area contributed by atoms with Crippen molar-refractivity contribution in [3.05, 3.63) is 24.3 Å². The zero-order valence-corrected chi connectivity index (χ0v) is 7.58. The van der Waals surface area contributed by atoms with Gasteiger partial charge in [-0.25, -0.2) is 0 Å². The number of hydrogen-bond acceptors (Lipinski definition) is 2. The third-order valence-corrected chi connectivity index (χ3v) is 1.53. The standard InChI is InChI=1S/C11H12O2/c1-2-3-6-9-13-11-8-5-4-7-10(11)12/h4-5,7-8,12H,6,9H2,1H3. The number of aromatic hydroxyl groups is 1. The molecule has 0 aliphatic rings. The smallest absolute Gasteiger partial charge is 0.160 e. The van der Waals surface area contributed by atoms with E-state index >= 15 is 0 Å². The molecular weight excluding hydrogens is 164 g/mol. The van der Waals surface area contributed by atoms with Gasteiger partial charge in [0.15, 0.2) is 11.5 Å². The van der Waals surface area contributed by atoms with Gasteiger partial charge >= 0.3 is 0 Å². The quantitative estimate of drug-likeness (QED) is 0.565. The Morgan fingerprint density at radius 1 is 1.38 bits per heavy atom. The first-order valence-electron chi connectivity index (χ1n) is 4.15. The van der Waals surface area contributed by atoms with Crippen LogP contribution in [0, 0.1) is 11.8 Å². The predicted octanol–water partition coefficient (Wildman–Crippen LogP) is 2.18. The molecular formula is C11H12O2. The first-order valence-corrected chi connectivity index (χ1v) is 4.15. The monoisotopic (exact) mass is 176 g/mol. The maximum atomic E-state index is 9.31. The molecule has 1 rings (SSSR count). The van der Waals surface area contributed by atoms with E-state index in [1.165, 1.54) is 0 Å². The molecule has 2 nitrogen and oxygen atoms in total. The normalized spacial score (nSPS) is 8.69. The molecule has 13 heavy (non-hydrogen) atoms. The Hall–Kier alpha value is -1.62. The summed E-state index contributed by atoms with van der Waals surface area (Å²) in [5.41, 5.74) is 0. The van der Waals surface area contributed by atoms with Gasteiger partial charge < -0.3 is 9.84 Å². The Morgan fingerprint density at radius 3 is 2.85 bits per heavy atom. The Kier molecular flexibility index (Phi) is 3.72. The molecule has 0 radical (unpaired) electrons. The molecule has 0 heterocycles. The topological polar surface area (TPSA) is 29.5 Å². The van der Waals surface area contributed by atoms with E-state index in [0.717, 1.165) is 0 Å². The second-order valence-corrected chi connectivity index (χ2v) is 2.49. The zero-order chi connectivity index (χ0) is 9.52. The number of benzene rings is 1. The number of hydrogen-bond donors (Lipinski definition) is 1. The van der Waals surface area contributed by atoms with Crippen molar-refractivity contribution in [2.24, 2.45) is 0 Å². The van der Waals surface area contributed by atoms with Crippen molar-refractivity contribution >= 4 is 0 Å². The molecule has 1 N–H and O–H groups in total. The molecule has 0 fully saturated rings. The second-order valence-electron chi connectivity index (χ2n) is 2.49. The van der Waals surface area contributed by atoms with E-state index in [4.69, 9.17) is 4.74 Å². The van der Waals surface area contributed by atoms with Crippen molar-refractivity contribution in [2.45, 2.75) is 13.3 Å². The Bertz CT molecular complexity index is 320. The van der Waals surface area contributed by atoms with Gasteiger partial charge in [0.05, 0.1) is 6.61 Å². The fourth-order valence-electron chi connectivity index (χ4n) is 0.916. The third-order valence-electron chi connectivity index (χ3n) is 1.53. The first-order chi connectivity index (χ1) is 6.34. The highest BCUT2D eigenvalue weighted by atomic mass is 16.5.